The lowest BCUT2D eigenvalue weighted by Crippen LogP contribution is -2.51. The van der Waals surface area contributed by atoms with Crippen molar-refractivity contribution in [3.8, 4) is 0 Å². The van der Waals surface area contributed by atoms with Crippen LogP contribution < -0.4 is 0 Å². The molecule has 2 saturated heterocycles. The predicted octanol–water partition coefficient (Wildman–Crippen LogP) is 2.71. The summed E-state index contributed by atoms with van der Waals surface area (Å²) >= 11 is 0. The molecule has 3 rings (SSSR count). The molecule has 2 heterocycles. The fourth-order valence-electron chi connectivity index (χ4n) is 4.24. The highest BCUT2D eigenvalue weighted by Crippen LogP contribution is 2.36. The number of piperidine rings is 1. The fourth-order valence-corrected chi connectivity index (χ4v) is 4.24. The summed E-state index contributed by atoms with van der Waals surface area (Å²) in [5.74, 6) is 0.582. The SMILES string of the molecule is CC(C)(C)c1ccccc1C1CCN(N2CC[C@H](O)[C@H]2C=O)CC1. The van der Waals surface area contributed by atoms with Crippen LogP contribution in [0.1, 0.15) is 57.1 Å². The van der Waals surface area contributed by atoms with Gasteiger partial charge in [0, 0.05) is 19.6 Å². The second kappa shape index (κ2) is 6.95. The summed E-state index contributed by atoms with van der Waals surface area (Å²) in [7, 11) is 0. The minimum absolute atomic E-state index is 0.162. The summed E-state index contributed by atoms with van der Waals surface area (Å²) in [5.41, 5.74) is 3.10. The number of aliphatic hydroxyl groups excluding tert-OH is 1. The Bertz CT molecular complexity index is 573. The average Bonchev–Trinajstić information content (AvgIpc) is 2.95. The standard InChI is InChI=1S/C20H30N2O2/c1-20(2,3)17-7-5-4-6-16(17)15-8-11-21(12-9-15)22-13-10-19(24)18(22)14-23/h4-7,14-15,18-19,24H,8-13H2,1-3H3/t18-,19+/m1/s1. The van der Waals surface area contributed by atoms with Crippen molar-refractivity contribution >= 4 is 6.29 Å². The Morgan fingerprint density at radius 3 is 2.38 bits per heavy atom. The topological polar surface area (TPSA) is 43.8 Å². The number of hydrazine groups is 1. The first kappa shape index (κ1) is 17.6. The third kappa shape index (κ3) is 3.41. The number of hydrogen-bond donors (Lipinski definition) is 1. The van der Waals surface area contributed by atoms with Crippen molar-refractivity contribution in [2.45, 2.75) is 63.5 Å². The van der Waals surface area contributed by atoms with Crippen molar-refractivity contribution in [2.24, 2.45) is 0 Å². The molecule has 2 aliphatic heterocycles. The van der Waals surface area contributed by atoms with Gasteiger partial charge in [-0.25, -0.2) is 10.0 Å². The summed E-state index contributed by atoms with van der Waals surface area (Å²) < 4.78 is 0. The van der Waals surface area contributed by atoms with Crippen LogP contribution in [0, 0.1) is 0 Å². The van der Waals surface area contributed by atoms with E-state index >= 15 is 0 Å². The largest absolute Gasteiger partial charge is 0.391 e. The van der Waals surface area contributed by atoms with Crippen LogP contribution in [0.4, 0.5) is 0 Å². The average molecular weight is 330 g/mol. The molecule has 2 fully saturated rings. The van der Waals surface area contributed by atoms with Crippen LogP contribution in [0.2, 0.25) is 0 Å². The lowest BCUT2D eigenvalue weighted by molar-refractivity contribution is -0.124. The van der Waals surface area contributed by atoms with Crippen molar-refractivity contribution in [1.29, 1.82) is 0 Å². The number of rotatable bonds is 3. The van der Waals surface area contributed by atoms with Gasteiger partial charge in [-0.3, -0.25) is 0 Å². The minimum atomic E-state index is -0.512. The van der Waals surface area contributed by atoms with Gasteiger partial charge < -0.3 is 9.90 Å². The third-order valence-corrected chi connectivity index (χ3v) is 5.58. The molecule has 2 aliphatic rings. The van der Waals surface area contributed by atoms with E-state index in [1.807, 2.05) is 0 Å². The Hall–Kier alpha value is -1.23. The van der Waals surface area contributed by atoms with Crippen molar-refractivity contribution in [1.82, 2.24) is 10.0 Å². The summed E-state index contributed by atoms with van der Waals surface area (Å²) in [4.78, 5) is 11.3. The molecule has 0 aliphatic carbocycles. The molecule has 0 amide bonds. The zero-order valence-electron chi connectivity index (χ0n) is 15.1. The lowest BCUT2D eigenvalue weighted by Gasteiger charge is -2.40. The molecule has 0 bridgehead atoms. The molecular weight excluding hydrogens is 300 g/mol. The van der Waals surface area contributed by atoms with Crippen LogP contribution in [0.3, 0.4) is 0 Å². The number of aldehydes is 1. The third-order valence-electron chi connectivity index (χ3n) is 5.58. The molecule has 1 N–H and O–H groups in total. The van der Waals surface area contributed by atoms with Crippen LogP contribution in [-0.2, 0) is 10.2 Å². The summed E-state index contributed by atoms with van der Waals surface area (Å²) in [6.07, 6.45) is 3.28. The molecule has 1 aromatic rings. The highest BCUT2D eigenvalue weighted by molar-refractivity contribution is 5.59. The van der Waals surface area contributed by atoms with E-state index < -0.39 is 6.10 Å². The van der Waals surface area contributed by atoms with E-state index in [-0.39, 0.29) is 11.5 Å². The van der Waals surface area contributed by atoms with Crippen molar-refractivity contribution in [2.75, 3.05) is 19.6 Å². The van der Waals surface area contributed by atoms with Crippen LogP contribution in [0.25, 0.3) is 0 Å². The van der Waals surface area contributed by atoms with E-state index in [2.05, 4.69) is 55.1 Å². The van der Waals surface area contributed by atoms with Gasteiger partial charge in [-0.15, -0.1) is 0 Å². The van der Waals surface area contributed by atoms with Crippen LogP contribution in [-0.4, -0.2) is 53.2 Å². The van der Waals surface area contributed by atoms with Crippen molar-refractivity contribution in [3.63, 3.8) is 0 Å². The van der Waals surface area contributed by atoms with Gasteiger partial charge in [0.15, 0.2) is 0 Å². The highest BCUT2D eigenvalue weighted by Gasteiger charge is 2.37. The van der Waals surface area contributed by atoms with Gasteiger partial charge in [0.1, 0.15) is 12.3 Å². The zero-order valence-corrected chi connectivity index (χ0v) is 15.1. The first-order chi connectivity index (χ1) is 11.4. The summed E-state index contributed by atoms with van der Waals surface area (Å²) in [6, 6.07) is 8.48. The van der Waals surface area contributed by atoms with Gasteiger partial charge in [-0.2, -0.15) is 0 Å². The number of hydrogen-bond acceptors (Lipinski definition) is 4. The second-order valence-corrected chi connectivity index (χ2v) is 8.21. The normalized spacial score (nSPS) is 27.5. The number of nitrogens with zero attached hydrogens (tertiary/aromatic N) is 2. The Morgan fingerprint density at radius 1 is 1.08 bits per heavy atom. The van der Waals surface area contributed by atoms with E-state index in [1.165, 1.54) is 11.1 Å². The maximum Gasteiger partial charge on any atom is 0.141 e. The molecule has 2 atom stereocenters. The van der Waals surface area contributed by atoms with Crippen LogP contribution in [0.5, 0.6) is 0 Å². The highest BCUT2D eigenvalue weighted by atomic mass is 16.3. The maximum absolute atomic E-state index is 11.3. The van der Waals surface area contributed by atoms with Crippen LogP contribution in [0.15, 0.2) is 24.3 Å². The summed E-state index contributed by atoms with van der Waals surface area (Å²) in [5, 5.41) is 14.3. The monoisotopic (exact) mass is 330 g/mol. The Morgan fingerprint density at radius 2 is 1.75 bits per heavy atom. The number of carbonyl (C=O) groups is 1. The minimum Gasteiger partial charge on any atom is -0.391 e. The molecule has 1 aromatic carbocycles. The number of benzene rings is 1. The first-order valence-corrected chi connectivity index (χ1v) is 9.16. The van der Waals surface area contributed by atoms with E-state index in [1.54, 1.807) is 0 Å². The predicted molar refractivity (Wildman–Crippen MR) is 95.9 cm³/mol. The zero-order chi connectivity index (χ0) is 17.3. The van der Waals surface area contributed by atoms with E-state index in [0.29, 0.717) is 12.3 Å². The molecular formula is C20H30N2O2. The summed E-state index contributed by atoms with van der Waals surface area (Å²) in [6.45, 7) is 9.54. The van der Waals surface area contributed by atoms with Gasteiger partial charge in [0.2, 0.25) is 0 Å². The number of aliphatic hydroxyl groups is 1. The second-order valence-electron chi connectivity index (χ2n) is 8.21. The Kier molecular flexibility index (Phi) is 5.09. The fraction of sp³-hybridized carbons (Fsp3) is 0.650. The van der Waals surface area contributed by atoms with E-state index in [0.717, 1.165) is 38.8 Å². The molecule has 24 heavy (non-hydrogen) atoms. The first-order valence-electron chi connectivity index (χ1n) is 9.16. The number of carbonyl (C=O) groups excluding carboxylic acids is 1. The van der Waals surface area contributed by atoms with Crippen molar-refractivity contribution < 1.29 is 9.90 Å². The van der Waals surface area contributed by atoms with E-state index in [4.69, 9.17) is 0 Å². The van der Waals surface area contributed by atoms with Gasteiger partial charge in [-0.05, 0) is 41.7 Å². The van der Waals surface area contributed by atoms with Gasteiger partial charge >= 0.3 is 0 Å². The molecule has 4 heteroatoms. The molecule has 4 nitrogen and oxygen atoms in total. The van der Waals surface area contributed by atoms with Gasteiger partial charge in [0.05, 0.1) is 6.10 Å². The van der Waals surface area contributed by atoms with Gasteiger partial charge in [0.25, 0.3) is 0 Å². The van der Waals surface area contributed by atoms with E-state index in [9.17, 15) is 9.90 Å². The maximum atomic E-state index is 11.3. The molecule has 132 valence electrons. The smallest absolute Gasteiger partial charge is 0.141 e. The van der Waals surface area contributed by atoms with Gasteiger partial charge in [-0.1, -0.05) is 45.0 Å². The quantitative estimate of drug-likeness (QED) is 0.866. The molecule has 0 saturated carbocycles. The Balaban J connectivity index is 1.69. The molecule has 0 radical (unpaired) electrons. The molecule has 0 aromatic heterocycles. The molecule has 0 spiro atoms. The van der Waals surface area contributed by atoms with Crippen LogP contribution >= 0.6 is 0 Å². The van der Waals surface area contributed by atoms with Crippen molar-refractivity contribution in [3.05, 3.63) is 35.4 Å². The molecule has 0 unspecified atom stereocenters. The Labute approximate surface area is 145 Å². The lowest BCUT2D eigenvalue weighted by atomic mass is 9.77.